The Kier molecular flexibility index (Phi) is 5.37. The van der Waals surface area contributed by atoms with Crippen molar-refractivity contribution >= 4 is 10.0 Å². The zero-order valence-electron chi connectivity index (χ0n) is 11.0. The van der Waals surface area contributed by atoms with Gasteiger partial charge in [-0.25, -0.2) is 8.42 Å². The van der Waals surface area contributed by atoms with Crippen LogP contribution in [0.1, 0.15) is 20.8 Å². The zero-order valence-corrected chi connectivity index (χ0v) is 11.8. The molecule has 0 aromatic rings. The smallest absolute Gasteiger partial charge is 0.215 e. The van der Waals surface area contributed by atoms with Gasteiger partial charge in [0.25, 0.3) is 0 Å². The van der Waals surface area contributed by atoms with E-state index in [2.05, 4.69) is 26.1 Å². The summed E-state index contributed by atoms with van der Waals surface area (Å²) in [4.78, 5) is 0. The molecule has 1 heterocycles. The summed E-state index contributed by atoms with van der Waals surface area (Å²) < 4.78 is 30.5. The summed E-state index contributed by atoms with van der Waals surface area (Å²) in [6.45, 7) is 9.69. The third-order valence-corrected chi connectivity index (χ3v) is 4.43. The Morgan fingerprint density at radius 2 is 1.82 bits per heavy atom. The molecule has 0 atom stereocenters. The molecule has 0 spiro atoms. The van der Waals surface area contributed by atoms with Gasteiger partial charge in [-0.2, -0.15) is 4.31 Å². The number of nitrogens with one attached hydrogen (secondary N) is 1. The third-order valence-electron chi connectivity index (χ3n) is 2.56. The summed E-state index contributed by atoms with van der Waals surface area (Å²) in [5.41, 5.74) is 0.183. The van der Waals surface area contributed by atoms with Crippen LogP contribution in [0.25, 0.3) is 0 Å². The lowest BCUT2D eigenvalue weighted by atomic mass is 9.97. The molecule has 17 heavy (non-hydrogen) atoms. The van der Waals surface area contributed by atoms with Crippen molar-refractivity contribution in [3.05, 3.63) is 0 Å². The number of hydrogen-bond acceptors (Lipinski definition) is 4. The Balaban J connectivity index is 2.29. The standard InChI is InChI=1S/C11H24N2O3S/c1-11(2,3)10-12-4-9-17(14,15)13-5-7-16-8-6-13/h12H,4-10H2,1-3H3. The van der Waals surface area contributed by atoms with E-state index >= 15 is 0 Å². The zero-order chi connectivity index (χ0) is 12.9. The molecule has 1 aliphatic rings. The first-order valence-corrected chi connectivity index (χ1v) is 7.68. The molecule has 1 saturated heterocycles. The molecule has 0 unspecified atom stereocenters. The second-order valence-electron chi connectivity index (χ2n) is 5.56. The highest BCUT2D eigenvalue weighted by molar-refractivity contribution is 7.89. The van der Waals surface area contributed by atoms with Gasteiger partial charge in [0.05, 0.1) is 19.0 Å². The molecule has 5 nitrogen and oxygen atoms in total. The molecule has 0 aliphatic carbocycles. The molecular weight excluding hydrogens is 240 g/mol. The van der Waals surface area contributed by atoms with Crippen LogP contribution in [-0.4, -0.2) is 57.9 Å². The molecule has 1 fully saturated rings. The van der Waals surface area contributed by atoms with Gasteiger partial charge in [-0.15, -0.1) is 0 Å². The highest BCUT2D eigenvalue weighted by Gasteiger charge is 2.23. The van der Waals surface area contributed by atoms with Crippen LogP contribution in [0.2, 0.25) is 0 Å². The SMILES string of the molecule is CC(C)(C)CNCCS(=O)(=O)N1CCOCC1. The highest BCUT2D eigenvalue weighted by Crippen LogP contribution is 2.10. The molecule has 0 bridgehead atoms. The van der Waals surface area contributed by atoms with Crippen LogP contribution < -0.4 is 5.32 Å². The maximum Gasteiger partial charge on any atom is 0.215 e. The van der Waals surface area contributed by atoms with Gasteiger partial charge in [-0.3, -0.25) is 0 Å². The van der Waals surface area contributed by atoms with Crippen LogP contribution >= 0.6 is 0 Å². The topological polar surface area (TPSA) is 58.6 Å². The highest BCUT2D eigenvalue weighted by atomic mass is 32.2. The molecule has 102 valence electrons. The lowest BCUT2D eigenvalue weighted by molar-refractivity contribution is 0.0730. The molecule has 1 N–H and O–H groups in total. The number of rotatable bonds is 5. The van der Waals surface area contributed by atoms with Crippen molar-refractivity contribution in [2.45, 2.75) is 20.8 Å². The largest absolute Gasteiger partial charge is 0.379 e. The fraction of sp³-hybridized carbons (Fsp3) is 1.00. The first-order valence-electron chi connectivity index (χ1n) is 6.08. The fourth-order valence-electron chi connectivity index (χ4n) is 1.62. The normalized spacial score (nSPS) is 19.5. The van der Waals surface area contributed by atoms with Crippen LogP contribution in [0.3, 0.4) is 0 Å². The molecule has 1 rings (SSSR count). The van der Waals surface area contributed by atoms with E-state index in [1.54, 1.807) is 0 Å². The second kappa shape index (κ2) is 6.13. The minimum atomic E-state index is -3.11. The molecule has 0 aromatic heterocycles. The summed E-state index contributed by atoms with van der Waals surface area (Å²) in [6, 6.07) is 0. The van der Waals surface area contributed by atoms with E-state index < -0.39 is 10.0 Å². The van der Waals surface area contributed by atoms with E-state index in [9.17, 15) is 8.42 Å². The number of ether oxygens (including phenoxy) is 1. The van der Waals surface area contributed by atoms with E-state index in [0.29, 0.717) is 32.8 Å². The average Bonchev–Trinajstić information content (AvgIpc) is 2.25. The van der Waals surface area contributed by atoms with Gasteiger partial charge < -0.3 is 10.1 Å². The summed E-state index contributed by atoms with van der Waals surface area (Å²) in [5.74, 6) is 0.170. The van der Waals surface area contributed by atoms with Crippen molar-refractivity contribution < 1.29 is 13.2 Å². The Hall–Kier alpha value is -0.170. The maximum atomic E-state index is 11.9. The molecule has 6 heteroatoms. The molecule has 0 amide bonds. The summed E-state index contributed by atoms with van der Waals surface area (Å²) in [6.07, 6.45) is 0. The van der Waals surface area contributed by atoms with E-state index in [1.807, 2.05) is 0 Å². The van der Waals surface area contributed by atoms with Crippen molar-refractivity contribution in [3.63, 3.8) is 0 Å². The van der Waals surface area contributed by atoms with Gasteiger partial charge in [-0.05, 0) is 5.41 Å². The van der Waals surface area contributed by atoms with Crippen molar-refractivity contribution in [1.82, 2.24) is 9.62 Å². The average molecular weight is 264 g/mol. The number of morpholine rings is 1. The number of hydrogen-bond donors (Lipinski definition) is 1. The van der Waals surface area contributed by atoms with E-state index in [1.165, 1.54) is 4.31 Å². The van der Waals surface area contributed by atoms with Crippen molar-refractivity contribution in [2.75, 3.05) is 45.1 Å². The molecule has 0 aromatic carbocycles. The van der Waals surface area contributed by atoms with E-state index in [-0.39, 0.29) is 11.2 Å². The quantitative estimate of drug-likeness (QED) is 0.725. The summed E-state index contributed by atoms with van der Waals surface area (Å²) in [5, 5.41) is 3.18. The van der Waals surface area contributed by atoms with Gasteiger partial charge in [0.2, 0.25) is 10.0 Å². The lowest BCUT2D eigenvalue weighted by Gasteiger charge is -2.26. The Bertz CT molecular complexity index is 316. The molecule has 0 saturated carbocycles. The Labute approximate surface area is 105 Å². The number of sulfonamides is 1. The van der Waals surface area contributed by atoms with E-state index in [4.69, 9.17) is 4.74 Å². The number of nitrogens with zero attached hydrogens (tertiary/aromatic N) is 1. The van der Waals surface area contributed by atoms with Gasteiger partial charge in [0, 0.05) is 26.2 Å². The second-order valence-corrected chi connectivity index (χ2v) is 7.65. The van der Waals surface area contributed by atoms with Gasteiger partial charge in [0.1, 0.15) is 0 Å². The van der Waals surface area contributed by atoms with E-state index in [0.717, 1.165) is 6.54 Å². The molecular formula is C11H24N2O3S. The van der Waals surface area contributed by atoms with Gasteiger partial charge in [0.15, 0.2) is 0 Å². The monoisotopic (exact) mass is 264 g/mol. The van der Waals surface area contributed by atoms with Crippen LogP contribution in [0.15, 0.2) is 0 Å². The summed E-state index contributed by atoms with van der Waals surface area (Å²) >= 11 is 0. The third kappa shape index (κ3) is 5.81. The van der Waals surface area contributed by atoms with Crippen LogP contribution in [0.5, 0.6) is 0 Å². The van der Waals surface area contributed by atoms with Gasteiger partial charge >= 0.3 is 0 Å². The predicted molar refractivity (Wildman–Crippen MR) is 68.5 cm³/mol. The van der Waals surface area contributed by atoms with Crippen LogP contribution in [-0.2, 0) is 14.8 Å². The Morgan fingerprint density at radius 1 is 1.24 bits per heavy atom. The minimum Gasteiger partial charge on any atom is -0.379 e. The predicted octanol–water partition coefficient (Wildman–Crippen LogP) is 0.284. The minimum absolute atomic E-state index is 0.170. The lowest BCUT2D eigenvalue weighted by Crippen LogP contribution is -2.43. The summed E-state index contributed by atoms with van der Waals surface area (Å²) in [7, 11) is -3.11. The fourth-order valence-corrected chi connectivity index (χ4v) is 2.98. The van der Waals surface area contributed by atoms with Crippen molar-refractivity contribution in [1.29, 1.82) is 0 Å². The van der Waals surface area contributed by atoms with Crippen LogP contribution in [0.4, 0.5) is 0 Å². The van der Waals surface area contributed by atoms with Crippen molar-refractivity contribution in [2.24, 2.45) is 5.41 Å². The first-order chi connectivity index (χ1) is 7.81. The first kappa shape index (κ1) is 14.9. The molecule has 1 aliphatic heterocycles. The van der Waals surface area contributed by atoms with Crippen molar-refractivity contribution in [3.8, 4) is 0 Å². The maximum absolute atomic E-state index is 11.9. The van der Waals surface area contributed by atoms with Gasteiger partial charge in [-0.1, -0.05) is 20.8 Å². The Morgan fingerprint density at radius 3 is 2.35 bits per heavy atom. The van der Waals surface area contributed by atoms with Crippen LogP contribution in [0, 0.1) is 5.41 Å². The molecule has 0 radical (unpaired) electrons.